The lowest BCUT2D eigenvalue weighted by Gasteiger charge is -2.21. The molecule has 1 aromatic rings. The third-order valence-electron chi connectivity index (χ3n) is 3.53. The van der Waals surface area contributed by atoms with Crippen molar-refractivity contribution in [3.63, 3.8) is 0 Å². The van der Waals surface area contributed by atoms with Crippen LogP contribution >= 0.6 is 0 Å². The summed E-state index contributed by atoms with van der Waals surface area (Å²) in [5.41, 5.74) is 1.22. The zero-order valence-electron chi connectivity index (χ0n) is 16.8. The first-order valence-electron chi connectivity index (χ1n) is 8.81. The molecule has 1 aromatic carbocycles. The zero-order valence-corrected chi connectivity index (χ0v) is 16.8. The molecule has 0 heterocycles. The molecule has 25 heavy (non-hydrogen) atoms. The molecule has 3 N–H and O–H groups in total. The van der Waals surface area contributed by atoms with E-state index >= 15 is 0 Å². The number of hydrogen-bond donors (Lipinski definition) is 3. The van der Waals surface area contributed by atoms with E-state index in [0.717, 1.165) is 12.2 Å². The van der Waals surface area contributed by atoms with Gasteiger partial charge >= 0.3 is 0 Å². The molecular weight excluding hydrogens is 314 g/mol. The molecule has 0 aliphatic carbocycles. The zero-order chi connectivity index (χ0) is 19.4. The van der Waals surface area contributed by atoms with Gasteiger partial charge in [-0.05, 0) is 24.1 Å². The smallest absolute Gasteiger partial charge is 0.229 e. The molecule has 0 bridgehead atoms. The predicted molar refractivity (Wildman–Crippen MR) is 106 cm³/mol. The van der Waals surface area contributed by atoms with E-state index in [9.17, 15) is 9.59 Å². The summed E-state index contributed by atoms with van der Waals surface area (Å²) in [6.07, 6.45) is 0. The summed E-state index contributed by atoms with van der Waals surface area (Å²) >= 11 is 0. The largest absolute Gasteiger partial charge is 0.385 e. The first-order valence-corrected chi connectivity index (χ1v) is 8.81. The number of hydrogen-bond acceptors (Lipinski definition) is 3. The van der Waals surface area contributed by atoms with Gasteiger partial charge in [-0.25, -0.2) is 0 Å². The van der Waals surface area contributed by atoms with Gasteiger partial charge in [0.1, 0.15) is 0 Å². The average molecular weight is 348 g/mol. The Morgan fingerprint density at radius 3 is 1.48 bits per heavy atom. The molecular formula is C20H33N3O2. The molecule has 2 amide bonds. The minimum atomic E-state index is -0.490. The Balaban J connectivity index is 3.10. The molecule has 0 aromatic heterocycles. The molecule has 5 heteroatoms. The van der Waals surface area contributed by atoms with Crippen molar-refractivity contribution in [2.24, 2.45) is 16.7 Å². The molecule has 0 aliphatic heterocycles. The maximum atomic E-state index is 12.3. The van der Waals surface area contributed by atoms with Crippen LogP contribution in [0.5, 0.6) is 0 Å². The normalized spacial score (nSPS) is 12.0. The summed E-state index contributed by atoms with van der Waals surface area (Å²) in [7, 11) is 0. The lowest BCUT2D eigenvalue weighted by atomic mass is 9.95. The number of anilines is 3. The predicted octanol–water partition coefficient (Wildman–Crippen LogP) is 4.72. The Labute approximate surface area is 152 Å². The van der Waals surface area contributed by atoms with Crippen LogP contribution in [0.1, 0.15) is 55.4 Å². The Bertz CT molecular complexity index is 577. The molecule has 0 radical (unpaired) electrons. The number of rotatable bonds is 5. The van der Waals surface area contributed by atoms with Crippen molar-refractivity contribution < 1.29 is 9.59 Å². The number of amides is 2. The first-order chi connectivity index (χ1) is 11.3. The van der Waals surface area contributed by atoms with Crippen molar-refractivity contribution in [3.8, 4) is 0 Å². The van der Waals surface area contributed by atoms with Crippen LogP contribution in [0.3, 0.4) is 0 Å². The highest BCUT2D eigenvalue weighted by Gasteiger charge is 2.23. The van der Waals surface area contributed by atoms with Gasteiger partial charge in [0.15, 0.2) is 0 Å². The van der Waals surface area contributed by atoms with Crippen LogP contribution in [0, 0.1) is 16.7 Å². The Hall–Kier alpha value is -2.04. The highest BCUT2D eigenvalue weighted by Crippen LogP contribution is 2.26. The Kier molecular flexibility index (Phi) is 6.63. The number of carbonyl (C=O) groups excluding carboxylic acids is 2. The summed E-state index contributed by atoms with van der Waals surface area (Å²) in [6, 6.07) is 5.56. The van der Waals surface area contributed by atoms with E-state index in [2.05, 4.69) is 29.8 Å². The highest BCUT2D eigenvalue weighted by atomic mass is 16.2. The maximum Gasteiger partial charge on any atom is 0.229 e. The molecule has 0 saturated heterocycles. The number of carbonyl (C=O) groups is 2. The SMILES string of the molecule is CC(C)CNc1cc(NC(=O)C(C)(C)C)cc(NC(=O)C(C)(C)C)c1. The second-order valence-corrected chi connectivity index (χ2v) is 8.98. The van der Waals surface area contributed by atoms with E-state index < -0.39 is 10.8 Å². The number of benzene rings is 1. The fourth-order valence-electron chi connectivity index (χ4n) is 1.83. The van der Waals surface area contributed by atoms with E-state index in [1.165, 1.54) is 0 Å². The summed E-state index contributed by atoms with van der Waals surface area (Å²) in [5.74, 6) is 0.351. The van der Waals surface area contributed by atoms with Crippen molar-refractivity contribution in [2.75, 3.05) is 22.5 Å². The summed E-state index contributed by atoms with van der Waals surface area (Å²) < 4.78 is 0. The quantitative estimate of drug-likeness (QED) is 0.721. The van der Waals surface area contributed by atoms with Gasteiger partial charge in [0, 0.05) is 34.4 Å². The second kappa shape index (κ2) is 7.89. The van der Waals surface area contributed by atoms with Crippen LogP contribution in [0.25, 0.3) is 0 Å². The molecule has 0 aliphatic rings. The van der Waals surface area contributed by atoms with Crippen LogP contribution in [-0.2, 0) is 9.59 Å². The van der Waals surface area contributed by atoms with Gasteiger partial charge < -0.3 is 16.0 Å². The molecule has 0 saturated carbocycles. The molecule has 5 nitrogen and oxygen atoms in total. The lowest BCUT2D eigenvalue weighted by Crippen LogP contribution is -2.28. The van der Waals surface area contributed by atoms with Crippen LogP contribution in [0.2, 0.25) is 0 Å². The van der Waals surface area contributed by atoms with E-state index in [0.29, 0.717) is 17.3 Å². The van der Waals surface area contributed by atoms with Crippen molar-refractivity contribution in [3.05, 3.63) is 18.2 Å². The van der Waals surface area contributed by atoms with Crippen LogP contribution in [0.15, 0.2) is 18.2 Å². The highest BCUT2D eigenvalue weighted by molar-refractivity contribution is 5.98. The summed E-state index contributed by atoms with van der Waals surface area (Å²) in [4.78, 5) is 24.6. The number of nitrogens with one attached hydrogen (secondary N) is 3. The third-order valence-corrected chi connectivity index (χ3v) is 3.53. The lowest BCUT2D eigenvalue weighted by molar-refractivity contribution is -0.123. The van der Waals surface area contributed by atoms with Crippen molar-refractivity contribution in [1.82, 2.24) is 0 Å². The third kappa shape index (κ3) is 7.16. The van der Waals surface area contributed by atoms with Crippen LogP contribution in [-0.4, -0.2) is 18.4 Å². The van der Waals surface area contributed by atoms with Gasteiger partial charge in [0.05, 0.1) is 0 Å². The minimum Gasteiger partial charge on any atom is -0.385 e. The van der Waals surface area contributed by atoms with Crippen LogP contribution in [0.4, 0.5) is 17.1 Å². The molecule has 0 atom stereocenters. The fourth-order valence-corrected chi connectivity index (χ4v) is 1.83. The molecule has 0 unspecified atom stereocenters. The minimum absolute atomic E-state index is 0.0680. The topological polar surface area (TPSA) is 70.2 Å². The monoisotopic (exact) mass is 347 g/mol. The second-order valence-electron chi connectivity index (χ2n) is 8.98. The van der Waals surface area contributed by atoms with E-state index in [-0.39, 0.29) is 11.8 Å². The van der Waals surface area contributed by atoms with Gasteiger partial charge in [-0.2, -0.15) is 0 Å². The van der Waals surface area contributed by atoms with E-state index in [1.807, 2.05) is 53.7 Å². The molecule has 0 spiro atoms. The van der Waals surface area contributed by atoms with Gasteiger partial charge in [0.2, 0.25) is 11.8 Å². The van der Waals surface area contributed by atoms with Gasteiger partial charge in [0.25, 0.3) is 0 Å². The average Bonchev–Trinajstić information content (AvgIpc) is 2.42. The molecule has 0 fully saturated rings. The van der Waals surface area contributed by atoms with Gasteiger partial charge in [-0.3, -0.25) is 9.59 Å². The van der Waals surface area contributed by atoms with Crippen molar-refractivity contribution in [2.45, 2.75) is 55.4 Å². The van der Waals surface area contributed by atoms with Crippen molar-refractivity contribution in [1.29, 1.82) is 0 Å². The van der Waals surface area contributed by atoms with Gasteiger partial charge in [-0.15, -0.1) is 0 Å². The molecule has 1 rings (SSSR count). The summed E-state index contributed by atoms with van der Waals surface area (Å²) in [5, 5.41) is 9.21. The Morgan fingerprint density at radius 1 is 0.800 bits per heavy atom. The van der Waals surface area contributed by atoms with E-state index in [4.69, 9.17) is 0 Å². The fraction of sp³-hybridized carbons (Fsp3) is 0.600. The van der Waals surface area contributed by atoms with Crippen LogP contribution < -0.4 is 16.0 Å². The standard InChI is InChI=1S/C20H33N3O2/c1-13(2)12-21-14-9-15(22-17(24)19(3,4)5)11-16(10-14)23-18(25)20(6,7)8/h9-11,13,21H,12H2,1-8H3,(H,22,24)(H,23,25). The van der Waals surface area contributed by atoms with E-state index in [1.54, 1.807) is 6.07 Å². The van der Waals surface area contributed by atoms with Gasteiger partial charge in [-0.1, -0.05) is 55.4 Å². The first kappa shape index (κ1) is 21.0. The Morgan fingerprint density at radius 2 is 1.16 bits per heavy atom. The maximum absolute atomic E-state index is 12.3. The van der Waals surface area contributed by atoms with Crippen molar-refractivity contribution >= 4 is 28.9 Å². The molecule has 140 valence electrons. The summed E-state index contributed by atoms with van der Waals surface area (Å²) in [6.45, 7) is 16.3.